The molecule has 0 unspecified atom stereocenters. The van der Waals surface area contributed by atoms with E-state index in [1.54, 1.807) is 33.0 Å². The van der Waals surface area contributed by atoms with Crippen LogP contribution >= 0.6 is 0 Å². The highest BCUT2D eigenvalue weighted by Gasteiger charge is 2.19. The molecule has 39 heavy (non-hydrogen) atoms. The number of aromatic amines is 1. The van der Waals surface area contributed by atoms with Crippen molar-refractivity contribution in [1.29, 1.82) is 0 Å². The van der Waals surface area contributed by atoms with E-state index in [0.29, 0.717) is 24.5 Å². The normalized spacial score (nSPS) is 11.9. The maximum atomic E-state index is 11.7. The number of H-pyrrole nitrogens is 1. The lowest BCUT2D eigenvalue weighted by atomic mass is 9.93. The molecule has 0 saturated heterocycles. The quantitative estimate of drug-likeness (QED) is 0.480. The van der Waals surface area contributed by atoms with E-state index in [1.807, 2.05) is 20.8 Å². The standard InChI is InChI=1S/C14H24N2O3.C8H12N2O3.C6H14O/c1-13(2,3)8-10-18-11-7-9-16(15-11)12(17)19-14(4,5)6;1-8(2,3)13-7(12)10-5-4-6(11)9-10;1-6(2,3)4-5-7/h7,9H,8,10H2,1-6H3;4-5H,1-3H3,(H,9,11);7H,4-5H2,1-3H3. The van der Waals surface area contributed by atoms with Gasteiger partial charge in [0.25, 0.3) is 5.56 Å². The van der Waals surface area contributed by atoms with Gasteiger partial charge in [0.15, 0.2) is 0 Å². The molecular weight excluding hydrogens is 504 g/mol. The van der Waals surface area contributed by atoms with Gasteiger partial charge in [0.2, 0.25) is 5.88 Å². The molecule has 0 radical (unpaired) electrons. The zero-order valence-electron chi connectivity index (χ0n) is 25.9. The Morgan fingerprint density at radius 2 is 1.33 bits per heavy atom. The minimum absolute atomic E-state index is 0.216. The molecule has 0 aliphatic heterocycles. The van der Waals surface area contributed by atoms with Gasteiger partial charge >= 0.3 is 12.2 Å². The van der Waals surface area contributed by atoms with Gasteiger partial charge in [0, 0.05) is 31.1 Å². The van der Waals surface area contributed by atoms with Gasteiger partial charge in [-0.3, -0.25) is 9.89 Å². The maximum Gasteiger partial charge on any atom is 0.435 e. The Bertz CT molecular complexity index is 1060. The molecule has 2 rings (SSSR count). The fraction of sp³-hybridized carbons (Fsp3) is 0.714. The van der Waals surface area contributed by atoms with Crippen molar-refractivity contribution >= 4 is 12.2 Å². The summed E-state index contributed by atoms with van der Waals surface area (Å²) in [5.41, 5.74) is -0.900. The summed E-state index contributed by atoms with van der Waals surface area (Å²) in [4.78, 5) is 33.6. The Morgan fingerprint density at radius 3 is 1.72 bits per heavy atom. The van der Waals surface area contributed by atoms with Gasteiger partial charge in [-0.2, -0.15) is 9.36 Å². The summed E-state index contributed by atoms with van der Waals surface area (Å²) in [6.07, 6.45) is 3.60. The first-order valence-corrected chi connectivity index (χ1v) is 13.0. The second-order valence-corrected chi connectivity index (χ2v) is 13.4. The number of aliphatic hydroxyl groups excluding tert-OH is 1. The summed E-state index contributed by atoms with van der Waals surface area (Å²) < 4.78 is 17.9. The van der Waals surface area contributed by atoms with E-state index in [9.17, 15) is 14.4 Å². The molecule has 0 spiro atoms. The van der Waals surface area contributed by atoms with Crippen molar-refractivity contribution in [2.75, 3.05) is 13.2 Å². The molecule has 11 nitrogen and oxygen atoms in total. The van der Waals surface area contributed by atoms with Gasteiger partial charge in [0.1, 0.15) is 11.2 Å². The molecule has 0 saturated carbocycles. The van der Waals surface area contributed by atoms with Crippen LogP contribution in [0, 0.1) is 10.8 Å². The number of nitrogens with zero attached hydrogens (tertiary/aromatic N) is 3. The van der Waals surface area contributed by atoms with E-state index in [2.05, 4.69) is 51.7 Å². The Balaban J connectivity index is 0.000000622. The van der Waals surface area contributed by atoms with E-state index in [4.69, 9.17) is 19.3 Å². The molecule has 11 heteroatoms. The highest BCUT2D eigenvalue weighted by atomic mass is 16.6. The molecule has 2 heterocycles. The molecule has 2 aromatic rings. The number of hydrogen-bond acceptors (Lipinski definition) is 8. The SMILES string of the molecule is CC(C)(C)CCO.CC(C)(C)CCOc1ccn(C(=O)OC(C)(C)C)n1.CC(C)(C)OC(=O)n1ccc(=O)[nH]1. The number of hydrogen-bond donors (Lipinski definition) is 2. The summed E-state index contributed by atoms with van der Waals surface area (Å²) in [7, 11) is 0. The minimum atomic E-state index is -0.588. The smallest absolute Gasteiger partial charge is 0.435 e. The third-order valence-electron chi connectivity index (χ3n) is 4.30. The Kier molecular flexibility index (Phi) is 13.7. The van der Waals surface area contributed by atoms with E-state index in [0.717, 1.165) is 22.2 Å². The van der Waals surface area contributed by atoms with Gasteiger partial charge in [-0.05, 0) is 65.2 Å². The van der Waals surface area contributed by atoms with Crippen molar-refractivity contribution in [3.63, 3.8) is 0 Å². The second-order valence-electron chi connectivity index (χ2n) is 13.4. The van der Waals surface area contributed by atoms with Crippen LogP contribution in [0.5, 0.6) is 5.88 Å². The number of nitrogens with one attached hydrogen (secondary N) is 1. The fourth-order valence-corrected chi connectivity index (χ4v) is 2.34. The van der Waals surface area contributed by atoms with Crippen molar-refractivity contribution in [3.8, 4) is 5.88 Å². The van der Waals surface area contributed by atoms with Crippen molar-refractivity contribution in [2.24, 2.45) is 10.8 Å². The van der Waals surface area contributed by atoms with Gasteiger partial charge in [-0.1, -0.05) is 41.5 Å². The number of carbonyl (C=O) groups excluding carboxylic acids is 2. The van der Waals surface area contributed by atoms with Crippen LogP contribution in [0.4, 0.5) is 9.59 Å². The van der Waals surface area contributed by atoms with Gasteiger partial charge < -0.3 is 19.3 Å². The predicted molar refractivity (Wildman–Crippen MR) is 151 cm³/mol. The van der Waals surface area contributed by atoms with Crippen molar-refractivity contribution in [2.45, 2.75) is 107 Å². The lowest BCUT2D eigenvalue weighted by Gasteiger charge is -2.18. The third-order valence-corrected chi connectivity index (χ3v) is 4.30. The molecule has 0 bridgehead atoms. The zero-order chi connectivity index (χ0) is 30.7. The average molecular weight is 555 g/mol. The minimum Gasteiger partial charge on any atom is -0.477 e. The van der Waals surface area contributed by atoms with Gasteiger partial charge in [-0.25, -0.2) is 9.59 Å². The Labute approximate surface area is 232 Å². The summed E-state index contributed by atoms with van der Waals surface area (Å²) >= 11 is 0. The molecule has 0 atom stereocenters. The van der Waals surface area contributed by atoms with Crippen LogP contribution in [0.1, 0.15) is 95.9 Å². The highest BCUT2D eigenvalue weighted by Crippen LogP contribution is 2.19. The molecule has 2 N–H and O–H groups in total. The number of carbonyl (C=O) groups is 2. The Morgan fingerprint density at radius 1 is 0.821 bits per heavy atom. The van der Waals surface area contributed by atoms with Crippen molar-refractivity contribution < 1.29 is 28.9 Å². The molecule has 0 aromatic carbocycles. The monoisotopic (exact) mass is 554 g/mol. The van der Waals surface area contributed by atoms with Crippen LogP contribution in [0.2, 0.25) is 0 Å². The van der Waals surface area contributed by atoms with Crippen LogP contribution < -0.4 is 10.3 Å². The first-order chi connectivity index (χ1) is 17.5. The number of rotatable bonds is 4. The fourth-order valence-electron chi connectivity index (χ4n) is 2.34. The van der Waals surface area contributed by atoms with E-state index >= 15 is 0 Å². The largest absolute Gasteiger partial charge is 0.477 e. The van der Waals surface area contributed by atoms with Crippen molar-refractivity contribution in [3.05, 3.63) is 34.9 Å². The average Bonchev–Trinajstić information content (AvgIpc) is 3.34. The maximum absolute atomic E-state index is 11.7. The van der Waals surface area contributed by atoms with E-state index < -0.39 is 23.4 Å². The third kappa shape index (κ3) is 19.6. The summed E-state index contributed by atoms with van der Waals surface area (Å²) in [6, 6.07) is 2.91. The molecular formula is C28H50N4O7. The molecule has 224 valence electrons. The van der Waals surface area contributed by atoms with Crippen LogP contribution in [-0.4, -0.2) is 61.3 Å². The van der Waals surface area contributed by atoms with Gasteiger partial charge in [-0.15, -0.1) is 5.10 Å². The summed E-state index contributed by atoms with van der Waals surface area (Å²) in [5, 5.41) is 14.7. The molecule has 2 aromatic heterocycles. The number of aliphatic hydroxyl groups is 1. The molecule has 0 fully saturated rings. The predicted octanol–water partition coefficient (Wildman–Crippen LogP) is 5.86. The Hall–Kier alpha value is -3.08. The molecule has 0 amide bonds. The lowest BCUT2D eigenvalue weighted by molar-refractivity contribution is 0.0502. The van der Waals surface area contributed by atoms with Crippen molar-refractivity contribution in [1.82, 2.24) is 19.6 Å². The topological polar surface area (TPSA) is 138 Å². The lowest BCUT2D eigenvalue weighted by Crippen LogP contribution is -2.28. The van der Waals surface area contributed by atoms with E-state index in [1.165, 1.54) is 12.3 Å². The first kappa shape index (κ1) is 35.9. The first-order valence-electron chi connectivity index (χ1n) is 13.0. The molecule has 0 aliphatic carbocycles. The number of aromatic nitrogens is 4. The van der Waals surface area contributed by atoms with Gasteiger partial charge in [0.05, 0.1) is 6.61 Å². The molecule has 0 aliphatic rings. The van der Waals surface area contributed by atoms with E-state index in [-0.39, 0.29) is 11.0 Å². The van der Waals surface area contributed by atoms with Crippen LogP contribution in [0.3, 0.4) is 0 Å². The zero-order valence-corrected chi connectivity index (χ0v) is 25.9. The second kappa shape index (κ2) is 14.9. The van der Waals surface area contributed by atoms with Crippen LogP contribution in [0.25, 0.3) is 0 Å². The van der Waals surface area contributed by atoms with Crippen LogP contribution in [-0.2, 0) is 9.47 Å². The highest BCUT2D eigenvalue weighted by molar-refractivity contribution is 5.70. The summed E-state index contributed by atoms with van der Waals surface area (Å²) in [5.74, 6) is 0.440. The van der Waals surface area contributed by atoms with Crippen LogP contribution in [0.15, 0.2) is 29.3 Å². The number of ether oxygens (including phenoxy) is 3. The summed E-state index contributed by atoms with van der Waals surface area (Å²) in [6.45, 7) is 24.4.